The largest absolute Gasteiger partial charge is 0.507 e. The summed E-state index contributed by atoms with van der Waals surface area (Å²) in [5, 5.41) is 16.6. The number of guanidine groups is 1. The van der Waals surface area contributed by atoms with Crippen LogP contribution in [0.5, 0.6) is 5.75 Å². The molecule has 31 heavy (non-hydrogen) atoms. The van der Waals surface area contributed by atoms with Crippen LogP contribution in [0.3, 0.4) is 0 Å². The summed E-state index contributed by atoms with van der Waals surface area (Å²) in [5.41, 5.74) is 5.50. The molecule has 0 aliphatic carbocycles. The van der Waals surface area contributed by atoms with Crippen LogP contribution < -0.4 is 10.7 Å². The van der Waals surface area contributed by atoms with Crippen molar-refractivity contribution in [2.24, 2.45) is 10.1 Å². The van der Waals surface area contributed by atoms with E-state index in [4.69, 9.17) is 0 Å². The van der Waals surface area contributed by atoms with Gasteiger partial charge in [0.1, 0.15) is 5.75 Å². The summed E-state index contributed by atoms with van der Waals surface area (Å²) in [4.78, 5) is 32.4. The Morgan fingerprint density at radius 2 is 2.00 bits per heavy atom. The third kappa shape index (κ3) is 4.24. The molecule has 3 N–H and O–H groups in total. The first-order chi connectivity index (χ1) is 14.8. The highest BCUT2D eigenvalue weighted by Gasteiger charge is 2.48. The molecule has 0 bridgehead atoms. The first-order valence-corrected chi connectivity index (χ1v) is 10.4. The van der Waals surface area contributed by atoms with E-state index in [2.05, 4.69) is 36.8 Å². The molecule has 160 valence electrons. The van der Waals surface area contributed by atoms with Crippen LogP contribution in [-0.2, 0) is 11.3 Å². The second-order valence-electron chi connectivity index (χ2n) is 7.40. The van der Waals surface area contributed by atoms with Gasteiger partial charge in [-0.2, -0.15) is 5.10 Å². The number of nitrogens with zero attached hydrogens (tertiary/aromatic N) is 4. The van der Waals surface area contributed by atoms with Crippen molar-refractivity contribution in [3.8, 4) is 5.75 Å². The Bertz CT molecular complexity index is 1090. The number of fused-ring (bicyclic) bond motifs is 1. The molecule has 3 amide bonds. The van der Waals surface area contributed by atoms with Crippen LogP contribution in [0.25, 0.3) is 0 Å². The third-order valence-corrected chi connectivity index (χ3v) is 5.69. The van der Waals surface area contributed by atoms with Crippen LogP contribution >= 0.6 is 15.9 Å². The SMILES string of the molecule is Cc1ccc(CN2C(N/N=C/c3cc(Br)ccc3O)=NC3C2C(=O)NC(=O)N3C)cc1. The minimum Gasteiger partial charge on any atom is -0.507 e. The second kappa shape index (κ2) is 8.38. The number of hydrogen-bond acceptors (Lipinski definition) is 7. The monoisotopic (exact) mass is 484 g/mol. The third-order valence-electron chi connectivity index (χ3n) is 5.19. The number of aliphatic imine (C=N–C) groups is 1. The van der Waals surface area contributed by atoms with Gasteiger partial charge in [-0.25, -0.2) is 15.2 Å². The fourth-order valence-electron chi connectivity index (χ4n) is 3.47. The van der Waals surface area contributed by atoms with Crippen LogP contribution in [0, 0.1) is 6.92 Å². The molecule has 4 rings (SSSR count). The number of hydrazone groups is 1. The number of phenolic OH excluding ortho intramolecular Hbond substituents is 1. The van der Waals surface area contributed by atoms with Gasteiger partial charge < -0.3 is 14.9 Å². The molecule has 10 heteroatoms. The number of amides is 3. The van der Waals surface area contributed by atoms with Crippen LogP contribution in [0.1, 0.15) is 16.7 Å². The number of phenols is 1. The zero-order valence-corrected chi connectivity index (χ0v) is 18.5. The summed E-state index contributed by atoms with van der Waals surface area (Å²) >= 11 is 3.36. The molecule has 2 aliphatic rings. The summed E-state index contributed by atoms with van der Waals surface area (Å²) in [6, 6.07) is 11.8. The molecular weight excluding hydrogens is 464 g/mol. The van der Waals surface area contributed by atoms with Crippen molar-refractivity contribution in [3.05, 3.63) is 63.6 Å². The quantitative estimate of drug-likeness (QED) is 0.454. The van der Waals surface area contributed by atoms with Crippen LogP contribution in [0.2, 0.25) is 0 Å². The minimum atomic E-state index is -0.680. The summed E-state index contributed by atoms with van der Waals surface area (Å²) in [7, 11) is 1.60. The topological polar surface area (TPSA) is 110 Å². The van der Waals surface area contributed by atoms with Crippen molar-refractivity contribution in [2.75, 3.05) is 7.05 Å². The average molecular weight is 485 g/mol. The van der Waals surface area contributed by atoms with E-state index in [0.29, 0.717) is 18.1 Å². The van der Waals surface area contributed by atoms with Crippen molar-refractivity contribution in [1.82, 2.24) is 20.5 Å². The molecule has 0 aromatic heterocycles. The molecule has 2 aromatic carbocycles. The maximum absolute atomic E-state index is 12.6. The highest BCUT2D eigenvalue weighted by Crippen LogP contribution is 2.25. The second-order valence-corrected chi connectivity index (χ2v) is 8.32. The van der Waals surface area contributed by atoms with Gasteiger partial charge in [0.2, 0.25) is 5.96 Å². The van der Waals surface area contributed by atoms with E-state index in [1.54, 1.807) is 30.1 Å². The van der Waals surface area contributed by atoms with E-state index < -0.39 is 24.1 Å². The van der Waals surface area contributed by atoms with Gasteiger partial charge in [-0.3, -0.25) is 10.1 Å². The highest BCUT2D eigenvalue weighted by atomic mass is 79.9. The van der Waals surface area contributed by atoms with Crippen molar-refractivity contribution in [1.29, 1.82) is 0 Å². The number of urea groups is 1. The smallest absolute Gasteiger partial charge is 0.325 e. The molecule has 0 radical (unpaired) electrons. The van der Waals surface area contributed by atoms with E-state index in [-0.39, 0.29) is 5.75 Å². The predicted octanol–water partition coefficient (Wildman–Crippen LogP) is 2.13. The fourth-order valence-corrected chi connectivity index (χ4v) is 3.85. The number of hydrogen-bond donors (Lipinski definition) is 3. The van der Waals surface area contributed by atoms with E-state index in [1.807, 2.05) is 31.2 Å². The number of carbonyl (C=O) groups is 2. The van der Waals surface area contributed by atoms with E-state index in [1.165, 1.54) is 11.1 Å². The number of aromatic hydroxyl groups is 1. The normalized spacial score (nSPS) is 20.7. The molecule has 0 spiro atoms. The zero-order valence-electron chi connectivity index (χ0n) is 16.9. The molecule has 2 unspecified atom stereocenters. The van der Waals surface area contributed by atoms with E-state index in [9.17, 15) is 14.7 Å². The Labute approximate surface area is 187 Å². The number of rotatable bonds is 4. The van der Waals surface area contributed by atoms with Gasteiger partial charge in [-0.05, 0) is 30.7 Å². The first kappa shape index (κ1) is 20.9. The summed E-state index contributed by atoms with van der Waals surface area (Å²) < 4.78 is 0.800. The van der Waals surface area contributed by atoms with Gasteiger partial charge in [-0.1, -0.05) is 45.8 Å². The Hall–Kier alpha value is -3.40. The molecule has 2 aliphatic heterocycles. The molecule has 2 atom stereocenters. The van der Waals surface area contributed by atoms with Crippen LogP contribution in [-0.4, -0.2) is 58.3 Å². The van der Waals surface area contributed by atoms with Gasteiger partial charge in [-0.15, -0.1) is 0 Å². The Morgan fingerprint density at radius 1 is 1.26 bits per heavy atom. The maximum atomic E-state index is 12.6. The first-order valence-electron chi connectivity index (χ1n) is 9.59. The Balaban J connectivity index is 1.61. The number of benzene rings is 2. The maximum Gasteiger partial charge on any atom is 0.325 e. The van der Waals surface area contributed by atoms with Crippen LogP contribution in [0.15, 0.2) is 57.0 Å². The Kier molecular flexibility index (Phi) is 5.64. The molecule has 9 nitrogen and oxygen atoms in total. The number of imide groups is 1. The molecule has 2 aromatic rings. The van der Waals surface area contributed by atoms with Gasteiger partial charge in [0, 0.05) is 23.6 Å². The number of carbonyl (C=O) groups excluding carboxylic acids is 2. The van der Waals surface area contributed by atoms with Crippen molar-refractivity contribution < 1.29 is 14.7 Å². The minimum absolute atomic E-state index is 0.0806. The van der Waals surface area contributed by atoms with E-state index >= 15 is 0 Å². The lowest BCUT2D eigenvalue weighted by Crippen LogP contribution is -2.63. The van der Waals surface area contributed by atoms with Gasteiger partial charge >= 0.3 is 6.03 Å². The number of nitrogens with one attached hydrogen (secondary N) is 2. The summed E-state index contributed by atoms with van der Waals surface area (Å²) in [6.45, 7) is 2.41. The van der Waals surface area contributed by atoms with Gasteiger partial charge in [0.05, 0.1) is 6.21 Å². The number of aryl methyl sites for hydroxylation is 1. The highest BCUT2D eigenvalue weighted by molar-refractivity contribution is 9.10. The van der Waals surface area contributed by atoms with Crippen LogP contribution in [0.4, 0.5) is 4.79 Å². The predicted molar refractivity (Wildman–Crippen MR) is 120 cm³/mol. The van der Waals surface area contributed by atoms with Gasteiger partial charge in [0.15, 0.2) is 12.2 Å². The van der Waals surface area contributed by atoms with Crippen molar-refractivity contribution >= 4 is 40.0 Å². The summed E-state index contributed by atoms with van der Waals surface area (Å²) in [5.74, 6) is 0.0318. The summed E-state index contributed by atoms with van der Waals surface area (Å²) in [6.07, 6.45) is 0.799. The number of halogens is 1. The lowest BCUT2D eigenvalue weighted by atomic mass is 10.1. The van der Waals surface area contributed by atoms with E-state index in [0.717, 1.165) is 15.6 Å². The van der Waals surface area contributed by atoms with Crippen molar-refractivity contribution in [3.63, 3.8) is 0 Å². The molecule has 1 fully saturated rings. The standard InChI is InChI=1S/C21H21BrN6O3/c1-12-3-5-13(6-4-12)11-28-17-18(27(2)21(31)25-19(17)30)24-20(28)26-23-10-14-9-15(22)7-8-16(14)29/h3-10,17-18,29H,11H2,1-2H3,(H,24,26)(H,25,30,31)/b23-10+. The Morgan fingerprint density at radius 3 is 2.74 bits per heavy atom. The average Bonchev–Trinajstić information content (AvgIpc) is 3.09. The zero-order chi connectivity index (χ0) is 22.1. The van der Waals surface area contributed by atoms with Gasteiger partial charge in [0.25, 0.3) is 5.91 Å². The lowest BCUT2D eigenvalue weighted by molar-refractivity contribution is -0.127. The molecule has 0 saturated carbocycles. The molecule has 2 heterocycles. The number of likely N-dealkylation sites (N-methyl/N-ethyl adjacent to an activating group) is 1. The van der Waals surface area contributed by atoms with Crippen molar-refractivity contribution in [2.45, 2.75) is 25.7 Å². The fraction of sp³-hybridized carbons (Fsp3) is 0.238. The molecular formula is C21H21BrN6O3. The lowest BCUT2D eigenvalue weighted by Gasteiger charge is -2.36. The molecule has 1 saturated heterocycles.